The van der Waals surface area contributed by atoms with Gasteiger partial charge in [-0.1, -0.05) is 5.16 Å². The van der Waals surface area contributed by atoms with Gasteiger partial charge in [0.2, 0.25) is 0 Å². The van der Waals surface area contributed by atoms with Crippen molar-refractivity contribution in [1.29, 1.82) is 0 Å². The third kappa shape index (κ3) is 5.00. The molecule has 25 heavy (non-hydrogen) atoms. The van der Waals surface area contributed by atoms with Crippen LogP contribution in [0.5, 0.6) is 11.5 Å². The molecule has 0 aliphatic carbocycles. The molecule has 0 unspecified atom stereocenters. The largest absolute Gasteiger partial charge is 0.490 e. The highest BCUT2D eigenvalue weighted by molar-refractivity contribution is 14.0. The van der Waals surface area contributed by atoms with Gasteiger partial charge in [-0.25, -0.2) is 0 Å². The average Bonchev–Trinajstić information content (AvgIpc) is 2.77. The van der Waals surface area contributed by atoms with Crippen molar-refractivity contribution in [1.82, 2.24) is 5.16 Å². The Morgan fingerprint density at radius 1 is 1.24 bits per heavy atom. The van der Waals surface area contributed by atoms with Crippen LogP contribution < -0.4 is 20.5 Å². The summed E-state index contributed by atoms with van der Waals surface area (Å²) in [6.45, 7) is 5.71. The van der Waals surface area contributed by atoms with Gasteiger partial charge in [-0.2, -0.15) is 0 Å². The second-order valence-corrected chi connectivity index (χ2v) is 5.66. The number of fused-ring (bicyclic) bond motifs is 1. The van der Waals surface area contributed by atoms with E-state index >= 15 is 0 Å². The second-order valence-electron chi connectivity index (χ2n) is 5.66. The molecule has 8 heteroatoms. The molecular formula is C17H23IN4O3. The Hall–Kier alpha value is -1.97. The van der Waals surface area contributed by atoms with Gasteiger partial charge in [-0.05, 0) is 32.4 Å². The van der Waals surface area contributed by atoms with Gasteiger partial charge in [0.15, 0.2) is 17.5 Å². The van der Waals surface area contributed by atoms with Crippen molar-refractivity contribution in [2.45, 2.75) is 26.7 Å². The fourth-order valence-electron chi connectivity index (χ4n) is 2.58. The Labute approximate surface area is 164 Å². The van der Waals surface area contributed by atoms with E-state index in [1.807, 2.05) is 32.0 Å². The molecule has 1 aliphatic heterocycles. The van der Waals surface area contributed by atoms with Crippen LogP contribution in [0.1, 0.15) is 23.4 Å². The number of ether oxygens (including phenoxy) is 2. The van der Waals surface area contributed by atoms with E-state index in [0.717, 1.165) is 47.0 Å². The van der Waals surface area contributed by atoms with E-state index in [9.17, 15) is 0 Å². The first-order valence-corrected chi connectivity index (χ1v) is 8.02. The van der Waals surface area contributed by atoms with E-state index in [-0.39, 0.29) is 24.0 Å². The fraction of sp³-hybridized carbons (Fsp3) is 0.412. The predicted octanol–water partition coefficient (Wildman–Crippen LogP) is 3.04. The molecule has 3 rings (SSSR count). The van der Waals surface area contributed by atoms with Crippen molar-refractivity contribution in [2.75, 3.05) is 25.1 Å². The van der Waals surface area contributed by atoms with Gasteiger partial charge in [0, 0.05) is 30.3 Å². The van der Waals surface area contributed by atoms with Gasteiger partial charge >= 0.3 is 0 Å². The zero-order chi connectivity index (χ0) is 16.9. The maximum Gasteiger partial charge on any atom is 0.193 e. The third-order valence-corrected chi connectivity index (χ3v) is 3.85. The van der Waals surface area contributed by atoms with Crippen molar-refractivity contribution in [3.05, 3.63) is 35.2 Å². The molecule has 1 aromatic heterocycles. The van der Waals surface area contributed by atoms with Gasteiger partial charge in [0.05, 0.1) is 18.9 Å². The lowest BCUT2D eigenvalue weighted by Gasteiger charge is -2.10. The van der Waals surface area contributed by atoms with Gasteiger partial charge in [-0.15, -0.1) is 24.0 Å². The molecule has 1 aliphatic rings. The molecule has 0 spiro atoms. The number of halogens is 1. The van der Waals surface area contributed by atoms with E-state index in [2.05, 4.69) is 15.5 Å². The number of nitrogens with zero attached hydrogens (tertiary/aromatic N) is 2. The summed E-state index contributed by atoms with van der Waals surface area (Å²) in [4.78, 5) is 4.35. The molecule has 0 saturated heterocycles. The van der Waals surface area contributed by atoms with Crippen LogP contribution in [0, 0.1) is 13.8 Å². The monoisotopic (exact) mass is 458 g/mol. The van der Waals surface area contributed by atoms with Gasteiger partial charge in [0.1, 0.15) is 5.76 Å². The number of aryl methyl sites for hydroxylation is 2. The van der Waals surface area contributed by atoms with Crippen molar-refractivity contribution in [3.63, 3.8) is 0 Å². The van der Waals surface area contributed by atoms with Crippen LogP contribution in [-0.4, -0.2) is 30.9 Å². The lowest BCUT2D eigenvalue weighted by molar-refractivity contribution is 0.297. The molecule has 1 aromatic carbocycles. The van der Waals surface area contributed by atoms with Gasteiger partial charge in [0.25, 0.3) is 0 Å². The predicted molar refractivity (Wildman–Crippen MR) is 107 cm³/mol. The topological polar surface area (TPSA) is 94.9 Å². The quantitative estimate of drug-likeness (QED) is 0.416. The maximum atomic E-state index is 5.96. The summed E-state index contributed by atoms with van der Waals surface area (Å²) in [6.07, 6.45) is 1.62. The van der Waals surface area contributed by atoms with Crippen LogP contribution in [0.15, 0.2) is 27.7 Å². The van der Waals surface area contributed by atoms with E-state index in [4.69, 9.17) is 19.7 Å². The van der Waals surface area contributed by atoms with Crippen molar-refractivity contribution < 1.29 is 14.0 Å². The minimum Gasteiger partial charge on any atom is -0.490 e. The van der Waals surface area contributed by atoms with Crippen molar-refractivity contribution in [2.24, 2.45) is 10.7 Å². The lowest BCUT2D eigenvalue weighted by atomic mass is 10.1. The Balaban J connectivity index is 0.00000225. The Morgan fingerprint density at radius 2 is 2.00 bits per heavy atom. The molecule has 136 valence electrons. The number of anilines is 1. The van der Waals surface area contributed by atoms with Crippen molar-refractivity contribution >= 4 is 35.6 Å². The van der Waals surface area contributed by atoms with E-state index in [0.29, 0.717) is 25.7 Å². The highest BCUT2D eigenvalue weighted by atomic mass is 127. The van der Waals surface area contributed by atoms with Crippen LogP contribution in [0.4, 0.5) is 5.69 Å². The number of aromatic nitrogens is 1. The lowest BCUT2D eigenvalue weighted by Crippen LogP contribution is -2.23. The zero-order valence-corrected chi connectivity index (χ0v) is 16.7. The Kier molecular flexibility index (Phi) is 6.91. The summed E-state index contributed by atoms with van der Waals surface area (Å²) in [7, 11) is 0. The molecule has 2 heterocycles. The first kappa shape index (κ1) is 19.4. The highest BCUT2D eigenvalue weighted by Gasteiger charge is 2.11. The highest BCUT2D eigenvalue weighted by Crippen LogP contribution is 2.32. The number of guanidine groups is 1. The number of nitrogens with one attached hydrogen (secondary N) is 1. The second kappa shape index (κ2) is 8.93. The minimum atomic E-state index is 0. The Morgan fingerprint density at radius 3 is 2.72 bits per heavy atom. The summed E-state index contributed by atoms with van der Waals surface area (Å²) in [5.74, 6) is 2.67. The summed E-state index contributed by atoms with van der Waals surface area (Å²) < 4.78 is 16.4. The standard InChI is InChI=1S/C17H22N4O3.HI/c1-11-14(12(2)24-21-11)6-7-19-17(18)20-13-4-5-15-16(10-13)23-9-3-8-22-15;/h4-5,10H,3,6-9H2,1-2H3,(H3,18,19,20);1H. The molecule has 7 nitrogen and oxygen atoms in total. The molecule has 0 amide bonds. The number of hydrogen-bond acceptors (Lipinski definition) is 5. The number of rotatable bonds is 4. The van der Waals surface area contributed by atoms with Gasteiger partial charge in [-0.3, -0.25) is 4.99 Å². The summed E-state index contributed by atoms with van der Waals surface area (Å²) in [5, 5.41) is 7.01. The molecule has 3 N–H and O–H groups in total. The fourth-order valence-corrected chi connectivity index (χ4v) is 2.58. The average molecular weight is 458 g/mol. The number of nitrogens with two attached hydrogens (primary N) is 1. The van der Waals surface area contributed by atoms with Crippen LogP contribution in [0.3, 0.4) is 0 Å². The minimum absolute atomic E-state index is 0. The van der Waals surface area contributed by atoms with Crippen LogP contribution in [-0.2, 0) is 6.42 Å². The molecule has 0 bridgehead atoms. The first-order chi connectivity index (χ1) is 11.6. The third-order valence-electron chi connectivity index (χ3n) is 3.85. The van der Waals surface area contributed by atoms with Crippen LogP contribution in [0.2, 0.25) is 0 Å². The number of aliphatic imine (C=N–C) groups is 1. The first-order valence-electron chi connectivity index (χ1n) is 8.02. The van der Waals surface area contributed by atoms with E-state index in [1.165, 1.54) is 0 Å². The van der Waals surface area contributed by atoms with E-state index in [1.54, 1.807) is 0 Å². The molecule has 0 fully saturated rings. The smallest absolute Gasteiger partial charge is 0.193 e. The normalized spacial score (nSPS) is 13.8. The van der Waals surface area contributed by atoms with Crippen LogP contribution in [0.25, 0.3) is 0 Å². The summed E-state index contributed by atoms with van der Waals surface area (Å²) in [5.41, 5.74) is 8.76. The number of benzene rings is 1. The zero-order valence-electron chi connectivity index (χ0n) is 14.4. The number of hydrogen-bond donors (Lipinski definition) is 2. The van der Waals surface area contributed by atoms with Crippen molar-refractivity contribution in [3.8, 4) is 11.5 Å². The van der Waals surface area contributed by atoms with E-state index < -0.39 is 0 Å². The maximum absolute atomic E-state index is 5.96. The van der Waals surface area contributed by atoms with Crippen LogP contribution >= 0.6 is 24.0 Å². The molecule has 0 saturated carbocycles. The molecule has 2 aromatic rings. The van der Waals surface area contributed by atoms with Gasteiger partial charge < -0.3 is 25.0 Å². The molecular weight excluding hydrogens is 435 g/mol. The summed E-state index contributed by atoms with van der Waals surface area (Å²) in [6, 6.07) is 5.64. The Bertz CT molecular complexity index is 726. The molecule has 0 atom stereocenters. The SMILES string of the molecule is Cc1noc(C)c1CCN=C(N)Nc1ccc2c(c1)OCCCO2.I. The summed E-state index contributed by atoms with van der Waals surface area (Å²) >= 11 is 0. The molecule has 0 radical (unpaired) electrons.